The molecule has 6 aromatic rings. The van der Waals surface area contributed by atoms with Crippen LogP contribution in [0.5, 0.6) is 0 Å². The summed E-state index contributed by atoms with van der Waals surface area (Å²) in [6.07, 6.45) is 8.48. The smallest absolute Gasteiger partial charge is 0.123 e. The zero-order chi connectivity index (χ0) is 35.2. The van der Waals surface area contributed by atoms with E-state index in [9.17, 15) is 8.78 Å². The van der Waals surface area contributed by atoms with Crippen LogP contribution in [0.15, 0.2) is 115 Å². The highest BCUT2D eigenvalue weighted by atomic mass is 19.1. The van der Waals surface area contributed by atoms with Crippen LogP contribution in [0.1, 0.15) is 71.0 Å². The molecule has 0 radical (unpaired) electrons. The third kappa shape index (κ3) is 8.30. The highest BCUT2D eigenvalue weighted by Gasteiger charge is 2.10. The number of halogens is 2. The Bertz CT molecular complexity index is 2100. The monoisotopic (exact) mass is 662 g/mol. The van der Waals surface area contributed by atoms with Gasteiger partial charge in [0.2, 0.25) is 0 Å². The molecule has 0 atom stereocenters. The number of aryl methyl sites for hydroxylation is 7. The molecule has 0 saturated heterocycles. The first-order chi connectivity index (χ1) is 24.2. The van der Waals surface area contributed by atoms with Gasteiger partial charge in [-0.1, -0.05) is 110 Å². The largest absolute Gasteiger partial charge is 0.207 e. The SMILES string of the molecule is Cc1cc(-c2ccc(-c3ccc(F)cc3)cc2C)ccc1CCCCCCCc1ccc(-c2ccc(-c3ccc(F)cc3C)cc2C)cc1C. The molecular formula is C48H48F2. The Morgan fingerprint density at radius 1 is 0.320 bits per heavy atom. The number of hydrogen-bond acceptors (Lipinski definition) is 0. The lowest BCUT2D eigenvalue weighted by Gasteiger charge is -2.13. The van der Waals surface area contributed by atoms with E-state index >= 15 is 0 Å². The molecule has 0 saturated carbocycles. The Balaban J connectivity index is 0.958. The molecule has 0 aliphatic rings. The quantitative estimate of drug-likeness (QED) is 0.114. The van der Waals surface area contributed by atoms with Crippen LogP contribution in [-0.4, -0.2) is 0 Å². The molecule has 0 aromatic heterocycles. The topological polar surface area (TPSA) is 0 Å². The fourth-order valence-electron chi connectivity index (χ4n) is 7.36. The molecule has 6 aromatic carbocycles. The summed E-state index contributed by atoms with van der Waals surface area (Å²) in [7, 11) is 0. The average Bonchev–Trinajstić information content (AvgIpc) is 3.09. The van der Waals surface area contributed by atoms with Crippen molar-refractivity contribution in [2.24, 2.45) is 0 Å². The van der Waals surface area contributed by atoms with E-state index in [1.54, 1.807) is 6.07 Å². The first kappa shape index (κ1) is 35.0. The summed E-state index contributed by atoms with van der Waals surface area (Å²) in [6.45, 7) is 10.8. The van der Waals surface area contributed by atoms with E-state index in [1.807, 2.05) is 25.1 Å². The first-order valence-electron chi connectivity index (χ1n) is 18.1. The molecule has 0 amide bonds. The molecule has 254 valence electrons. The van der Waals surface area contributed by atoms with Gasteiger partial charge in [0, 0.05) is 0 Å². The highest BCUT2D eigenvalue weighted by molar-refractivity contribution is 5.76. The summed E-state index contributed by atoms with van der Waals surface area (Å²) in [5.74, 6) is -0.399. The Morgan fingerprint density at radius 3 is 1.16 bits per heavy atom. The van der Waals surface area contributed by atoms with Crippen molar-refractivity contribution in [1.29, 1.82) is 0 Å². The average molecular weight is 663 g/mol. The van der Waals surface area contributed by atoms with Gasteiger partial charge in [-0.3, -0.25) is 0 Å². The van der Waals surface area contributed by atoms with Crippen LogP contribution in [0.4, 0.5) is 8.78 Å². The van der Waals surface area contributed by atoms with Crippen molar-refractivity contribution in [3.8, 4) is 44.5 Å². The molecular weight excluding hydrogens is 615 g/mol. The van der Waals surface area contributed by atoms with E-state index in [0.717, 1.165) is 40.7 Å². The van der Waals surface area contributed by atoms with E-state index in [0.29, 0.717) is 0 Å². The van der Waals surface area contributed by atoms with E-state index in [-0.39, 0.29) is 11.6 Å². The molecule has 0 spiro atoms. The lowest BCUT2D eigenvalue weighted by Crippen LogP contribution is -1.94. The minimum absolute atomic E-state index is 0.191. The number of hydrogen-bond donors (Lipinski definition) is 0. The van der Waals surface area contributed by atoms with Crippen LogP contribution in [-0.2, 0) is 12.8 Å². The third-order valence-corrected chi connectivity index (χ3v) is 10.3. The number of benzene rings is 6. The van der Waals surface area contributed by atoms with Crippen LogP contribution >= 0.6 is 0 Å². The molecule has 0 heterocycles. The summed E-state index contributed by atoms with van der Waals surface area (Å²) in [4.78, 5) is 0. The second kappa shape index (κ2) is 15.8. The summed E-state index contributed by atoms with van der Waals surface area (Å²) in [6, 6.07) is 38.6. The van der Waals surface area contributed by atoms with Crippen molar-refractivity contribution in [2.45, 2.75) is 79.6 Å². The Kier molecular flexibility index (Phi) is 11.1. The van der Waals surface area contributed by atoms with Crippen LogP contribution in [0.25, 0.3) is 44.5 Å². The Labute approximate surface area is 297 Å². The first-order valence-corrected chi connectivity index (χ1v) is 18.1. The molecule has 6 rings (SSSR count). The van der Waals surface area contributed by atoms with Crippen LogP contribution in [0, 0.1) is 46.3 Å². The van der Waals surface area contributed by atoms with Crippen molar-refractivity contribution in [3.05, 3.63) is 166 Å². The standard InChI is InChI=1S/C48H48F2/c1-32-27-41(46-24-19-40(29-34(46)3)39-17-21-44(49)22-18-39)15-13-37(32)11-9-7-6-8-10-12-38-14-16-42(28-33(38)2)47-25-20-43(30-35(47)4)48-26-23-45(50)31-36(48)5/h13-31H,6-12H2,1-5H3. The van der Waals surface area contributed by atoms with Gasteiger partial charge in [-0.05, 0) is 168 Å². The van der Waals surface area contributed by atoms with Crippen LogP contribution in [0.3, 0.4) is 0 Å². The van der Waals surface area contributed by atoms with Crippen LogP contribution < -0.4 is 0 Å². The highest BCUT2D eigenvalue weighted by Crippen LogP contribution is 2.33. The molecule has 0 aliphatic carbocycles. The lowest BCUT2D eigenvalue weighted by atomic mass is 9.91. The lowest BCUT2D eigenvalue weighted by molar-refractivity contribution is 0.612. The molecule has 0 unspecified atom stereocenters. The second-order valence-corrected chi connectivity index (χ2v) is 14.1. The van der Waals surface area contributed by atoms with Gasteiger partial charge in [0.05, 0.1) is 0 Å². The molecule has 0 fully saturated rings. The molecule has 2 heteroatoms. The van der Waals surface area contributed by atoms with Gasteiger partial charge in [-0.25, -0.2) is 8.78 Å². The summed E-state index contributed by atoms with van der Waals surface area (Å²) < 4.78 is 27.0. The van der Waals surface area contributed by atoms with E-state index < -0.39 is 0 Å². The van der Waals surface area contributed by atoms with Crippen LogP contribution in [0.2, 0.25) is 0 Å². The predicted octanol–water partition coefficient (Wildman–Crippen LogP) is 13.9. The molecule has 0 N–H and O–H groups in total. The number of unbranched alkanes of at least 4 members (excludes halogenated alkanes) is 4. The fraction of sp³-hybridized carbons (Fsp3) is 0.250. The minimum atomic E-state index is -0.207. The van der Waals surface area contributed by atoms with Gasteiger partial charge >= 0.3 is 0 Å². The third-order valence-electron chi connectivity index (χ3n) is 10.3. The zero-order valence-corrected chi connectivity index (χ0v) is 30.2. The maximum Gasteiger partial charge on any atom is 0.123 e. The van der Waals surface area contributed by atoms with Gasteiger partial charge in [0.15, 0.2) is 0 Å². The van der Waals surface area contributed by atoms with Crippen molar-refractivity contribution in [2.75, 3.05) is 0 Å². The normalized spacial score (nSPS) is 11.3. The zero-order valence-electron chi connectivity index (χ0n) is 30.2. The summed E-state index contributed by atoms with van der Waals surface area (Å²) in [5.41, 5.74) is 18.4. The van der Waals surface area contributed by atoms with Crippen molar-refractivity contribution in [1.82, 2.24) is 0 Å². The van der Waals surface area contributed by atoms with Crippen molar-refractivity contribution < 1.29 is 8.78 Å². The maximum absolute atomic E-state index is 13.6. The molecule has 0 aliphatic heterocycles. The van der Waals surface area contributed by atoms with Gasteiger partial charge in [0.25, 0.3) is 0 Å². The van der Waals surface area contributed by atoms with Crippen molar-refractivity contribution in [3.63, 3.8) is 0 Å². The summed E-state index contributed by atoms with van der Waals surface area (Å²) in [5, 5.41) is 0. The van der Waals surface area contributed by atoms with Gasteiger partial charge in [-0.2, -0.15) is 0 Å². The molecule has 0 bridgehead atoms. The maximum atomic E-state index is 13.6. The second-order valence-electron chi connectivity index (χ2n) is 14.1. The fourth-order valence-corrected chi connectivity index (χ4v) is 7.36. The van der Waals surface area contributed by atoms with E-state index in [4.69, 9.17) is 0 Å². The van der Waals surface area contributed by atoms with Gasteiger partial charge < -0.3 is 0 Å². The van der Waals surface area contributed by atoms with Gasteiger partial charge in [-0.15, -0.1) is 0 Å². The molecule has 50 heavy (non-hydrogen) atoms. The van der Waals surface area contributed by atoms with Gasteiger partial charge in [0.1, 0.15) is 11.6 Å². The van der Waals surface area contributed by atoms with Crippen molar-refractivity contribution >= 4 is 0 Å². The molecule has 0 nitrogen and oxygen atoms in total. The predicted molar refractivity (Wildman–Crippen MR) is 209 cm³/mol. The Morgan fingerprint density at radius 2 is 0.680 bits per heavy atom. The van der Waals surface area contributed by atoms with E-state index in [1.165, 1.54) is 106 Å². The Hall–Kier alpha value is -4.82. The van der Waals surface area contributed by atoms with E-state index in [2.05, 4.69) is 100 Å². The summed E-state index contributed by atoms with van der Waals surface area (Å²) >= 11 is 0. The minimum Gasteiger partial charge on any atom is -0.207 e. The number of rotatable bonds is 12.